The molecule has 0 atom stereocenters. The number of fused-ring (bicyclic) bond motifs is 1. The van der Waals surface area contributed by atoms with Crippen LogP contribution in [0.25, 0.3) is 5.03 Å². The van der Waals surface area contributed by atoms with E-state index in [2.05, 4.69) is 0 Å². The number of benzene rings is 1. The second-order valence-corrected chi connectivity index (χ2v) is 3.26. The maximum absolute atomic E-state index is 10.8. The Morgan fingerprint density at radius 3 is 2.86 bits per heavy atom. The number of hydrogen-bond acceptors (Lipinski definition) is 2. The molecule has 4 heteroatoms. The molecule has 0 aromatic heterocycles. The molecule has 0 saturated carbocycles. The molecule has 0 aliphatic carbocycles. The molecule has 1 aromatic rings. The van der Waals surface area contributed by atoms with Crippen molar-refractivity contribution in [3.63, 3.8) is 0 Å². The molecule has 1 heterocycles. The van der Waals surface area contributed by atoms with E-state index >= 15 is 0 Å². The number of carboxylic acids is 1. The van der Waals surface area contributed by atoms with Gasteiger partial charge in [0.25, 0.3) is 0 Å². The minimum absolute atomic E-state index is 0.0190. The Morgan fingerprint density at radius 1 is 1.43 bits per heavy atom. The van der Waals surface area contributed by atoms with Gasteiger partial charge in [-0.2, -0.15) is 0 Å². The van der Waals surface area contributed by atoms with E-state index in [1.54, 1.807) is 18.2 Å². The highest BCUT2D eigenvalue weighted by Gasteiger charge is 2.22. The van der Waals surface area contributed by atoms with Crippen LogP contribution in [-0.2, 0) is 4.79 Å². The first-order valence-corrected chi connectivity index (χ1v) is 4.42. The van der Waals surface area contributed by atoms with Gasteiger partial charge in [-0.25, -0.2) is 4.79 Å². The Labute approximate surface area is 85.6 Å². The van der Waals surface area contributed by atoms with Crippen LogP contribution in [0.4, 0.5) is 0 Å². The van der Waals surface area contributed by atoms with Crippen LogP contribution in [0, 0.1) is 0 Å². The Kier molecular flexibility index (Phi) is 2.17. The number of hydrogen-bond donors (Lipinski definition) is 1. The lowest BCUT2D eigenvalue weighted by molar-refractivity contribution is -0.132. The van der Waals surface area contributed by atoms with Gasteiger partial charge in [-0.15, -0.1) is 0 Å². The van der Waals surface area contributed by atoms with Gasteiger partial charge in [-0.1, -0.05) is 23.7 Å². The average molecular weight is 211 g/mol. The van der Waals surface area contributed by atoms with Crippen molar-refractivity contribution in [2.24, 2.45) is 0 Å². The molecule has 1 N–H and O–H groups in total. The van der Waals surface area contributed by atoms with E-state index in [1.807, 2.05) is 6.07 Å². The zero-order valence-corrected chi connectivity index (χ0v) is 7.91. The van der Waals surface area contributed by atoms with Crippen LogP contribution in [-0.4, -0.2) is 17.7 Å². The molecule has 0 spiro atoms. The van der Waals surface area contributed by atoms with Crippen LogP contribution in [0.5, 0.6) is 5.75 Å². The smallest absolute Gasteiger partial charge is 0.336 e. The Morgan fingerprint density at radius 2 is 2.14 bits per heavy atom. The number of para-hydroxylation sites is 1. The highest BCUT2D eigenvalue weighted by atomic mass is 35.5. The monoisotopic (exact) mass is 210 g/mol. The van der Waals surface area contributed by atoms with Crippen LogP contribution in [0.15, 0.2) is 29.8 Å². The average Bonchev–Trinajstić information content (AvgIpc) is 2.18. The summed E-state index contributed by atoms with van der Waals surface area (Å²) in [5.41, 5.74) is 0.739. The number of halogens is 1. The molecule has 1 aliphatic heterocycles. The summed E-state index contributed by atoms with van der Waals surface area (Å²) in [6.45, 7) is 0.0190. The summed E-state index contributed by atoms with van der Waals surface area (Å²) in [4.78, 5) is 10.8. The first-order chi connectivity index (χ1) is 6.70. The van der Waals surface area contributed by atoms with Crippen LogP contribution < -0.4 is 4.74 Å². The fraction of sp³-hybridized carbons (Fsp3) is 0.100. The predicted molar refractivity (Wildman–Crippen MR) is 52.3 cm³/mol. The topological polar surface area (TPSA) is 46.5 Å². The highest BCUT2D eigenvalue weighted by molar-refractivity contribution is 6.51. The third-order valence-corrected chi connectivity index (χ3v) is 2.45. The SMILES string of the molecule is O=C(O)C1=C(Cl)c2ccccc2OC1. The summed E-state index contributed by atoms with van der Waals surface area (Å²) in [7, 11) is 0. The van der Waals surface area contributed by atoms with Crippen molar-refractivity contribution in [2.45, 2.75) is 0 Å². The van der Waals surface area contributed by atoms with E-state index in [-0.39, 0.29) is 17.2 Å². The Bertz CT molecular complexity index is 423. The molecule has 14 heavy (non-hydrogen) atoms. The van der Waals surface area contributed by atoms with Crippen LogP contribution in [0.3, 0.4) is 0 Å². The third kappa shape index (κ3) is 1.36. The normalized spacial score (nSPS) is 14.6. The van der Waals surface area contributed by atoms with Gasteiger partial charge >= 0.3 is 5.97 Å². The second kappa shape index (κ2) is 3.35. The van der Waals surface area contributed by atoms with Crippen molar-refractivity contribution in [2.75, 3.05) is 6.61 Å². The lowest BCUT2D eigenvalue weighted by atomic mass is 10.1. The molecule has 0 bridgehead atoms. The Hall–Kier alpha value is -1.48. The van der Waals surface area contributed by atoms with Crippen molar-refractivity contribution in [1.29, 1.82) is 0 Å². The van der Waals surface area contributed by atoms with Gasteiger partial charge in [0.1, 0.15) is 12.4 Å². The number of rotatable bonds is 1. The first-order valence-electron chi connectivity index (χ1n) is 4.04. The molecule has 1 aromatic carbocycles. The molecule has 0 radical (unpaired) electrons. The summed E-state index contributed by atoms with van der Waals surface area (Å²) in [5, 5.41) is 9.08. The number of carbonyl (C=O) groups is 1. The van der Waals surface area contributed by atoms with E-state index in [4.69, 9.17) is 21.4 Å². The van der Waals surface area contributed by atoms with Gasteiger partial charge in [0.2, 0.25) is 0 Å². The van der Waals surface area contributed by atoms with E-state index in [0.29, 0.717) is 11.3 Å². The number of carboxylic acid groups (broad SMARTS) is 1. The van der Waals surface area contributed by atoms with Gasteiger partial charge in [0.15, 0.2) is 0 Å². The maximum Gasteiger partial charge on any atom is 0.336 e. The minimum Gasteiger partial charge on any atom is -0.488 e. The van der Waals surface area contributed by atoms with Gasteiger partial charge < -0.3 is 9.84 Å². The van der Waals surface area contributed by atoms with E-state index in [0.717, 1.165) is 0 Å². The quantitative estimate of drug-likeness (QED) is 0.772. The number of ether oxygens (including phenoxy) is 1. The van der Waals surface area contributed by atoms with Gasteiger partial charge in [-0.05, 0) is 12.1 Å². The summed E-state index contributed by atoms with van der Waals surface area (Å²) in [6, 6.07) is 7.10. The molecule has 1 aliphatic rings. The number of aliphatic carboxylic acids is 1. The van der Waals surface area contributed by atoms with Crippen molar-refractivity contribution < 1.29 is 14.6 Å². The third-order valence-electron chi connectivity index (χ3n) is 2.02. The summed E-state index contributed by atoms with van der Waals surface area (Å²) < 4.78 is 5.24. The molecule has 0 amide bonds. The lowest BCUT2D eigenvalue weighted by Gasteiger charge is -2.18. The predicted octanol–water partition coefficient (Wildman–Crippen LogP) is 2.11. The highest BCUT2D eigenvalue weighted by Crippen LogP contribution is 2.35. The van der Waals surface area contributed by atoms with Crippen molar-refractivity contribution in [3.8, 4) is 5.75 Å². The van der Waals surface area contributed by atoms with Crippen molar-refractivity contribution in [1.82, 2.24) is 0 Å². The molecule has 3 nitrogen and oxygen atoms in total. The first kappa shape index (κ1) is 9.09. The molecule has 0 saturated heterocycles. The fourth-order valence-electron chi connectivity index (χ4n) is 1.31. The standard InChI is InChI=1S/C10H7ClO3/c11-9-6-3-1-2-4-8(6)14-5-7(9)10(12)13/h1-4H,5H2,(H,12,13). The lowest BCUT2D eigenvalue weighted by Crippen LogP contribution is -2.16. The van der Waals surface area contributed by atoms with Crippen LogP contribution in [0.1, 0.15) is 5.56 Å². The molecular weight excluding hydrogens is 204 g/mol. The fourth-order valence-corrected chi connectivity index (χ4v) is 1.60. The van der Waals surface area contributed by atoms with E-state index in [1.165, 1.54) is 0 Å². The maximum atomic E-state index is 10.8. The summed E-state index contributed by atoms with van der Waals surface area (Å²) in [6.07, 6.45) is 0. The second-order valence-electron chi connectivity index (χ2n) is 2.88. The summed E-state index contributed by atoms with van der Waals surface area (Å²) >= 11 is 5.93. The molecule has 0 unspecified atom stereocenters. The minimum atomic E-state index is -1.04. The van der Waals surface area contributed by atoms with E-state index < -0.39 is 5.97 Å². The summed E-state index contributed by atoms with van der Waals surface area (Å²) in [5.74, 6) is -0.410. The van der Waals surface area contributed by atoms with E-state index in [9.17, 15) is 4.79 Å². The molecule has 0 fully saturated rings. The largest absolute Gasteiger partial charge is 0.488 e. The molecule has 2 rings (SSSR count). The van der Waals surface area contributed by atoms with Gasteiger partial charge in [0.05, 0.1) is 10.6 Å². The Balaban J connectivity index is 2.56. The molecular formula is C10H7ClO3. The molecule has 72 valence electrons. The van der Waals surface area contributed by atoms with Crippen molar-refractivity contribution in [3.05, 3.63) is 35.4 Å². The zero-order valence-electron chi connectivity index (χ0n) is 7.16. The zero-order chi connectivity index (χ0) is 10.1. The van der Waals surface area contributed by atoms with Crippen LogP contribution in [0.2, 0.25) is 0 Å². The van der Waals surface area contributed by atoms with Crippen molar-refractivity contribution >= 4 is 22.6 Å². The van der Waals surface area contributed by atoms with Crippen LogP contribution >= 0.6 is 11.6 Å². The van der Waals surface area contributed by atoms with Gasteiger partial charge in [0, 0.05) is 5.56 Å². The van der Waals surface area contributed by atoms with Gasteiger partial charge in [-0.3, -0.25) is 0 Å².